The Morgan fingerprint density at radius 2 is 1.75 bits per heavy atom. The lowest BCUT2D eigenvalue weighted by Gasteiger charge is -2.16. The van der Waals surface area contributed by atoms with Crippen molar-refractivity contribution in [2.75, 3.05) is 6.54 Å². The minimum absolute atomic E-state index is 0.815. The van der Waals surface area contributed by atoms with Crippen LogP contribution in [0.3, 0.4) is 0 Å². The van der Waals surface area contributed by atoms with Crippen molar-refractivity contribution in [3.05, 3.63) is 35.4 Å². The van der Waals surface area contributed by atoms with Gasteiger partial charge >= 0.3 is 0 Å². The van der Waals surface area contributed by atoms with E-state index in [9.17, 15) is 0 Å². The highest BCUT2D eigenvalue weighted by Crippen LogP contribution is 2.59. The van der Waals surface area contributed by atoms with E-state index in [-0.39, 0.29) is 0 Å². The monoisotopic (exact) mass is 269 g/mol. The SMILES string of the molecule is c1ccc2c(c1)CCC1C(CNC3CCCCCC3)C21. The topological polar surface area (TPSA) is 12.0 Å². The normalized spacial score (nSPS) is 33.1. The molecule has 1 nitrogen and oxygen atoms in total. The van der Waals surface area contributed by atoms with Gasteiger partial charge in [0.05, 0.1) is 0 Å². The molecule has 2 saturated carbocycles. The van der Waals surface area contributed by atoms with Crippen molar-refractivity contribution in [2.24, 2.45) is 11.8 Å². The summed E-state index contributed by atoms with van der Waals surface area (Å²) in [6.45, 7) is 1.27. The molecule has 0 aromatic heterocycles. The van der Waals surface area contributed by atoms with Crippen LogP contribution in [0.15, 0.2) is 24.3 Å². The van der Waals surface area contributed by atoms with Gasteiger partial charge in [-0.25, -0.2) is 0 Å². The van der Waals surface area contributed by atoms with Crippen LogP contribution in [0.25, 0.3) is 0 Å². The van der Waals surface area contributed by atoms with Crippen LogP contribution in [0.5, 0.6) is 0 Å². The van der Waals surface area contributed by atoms with Gasteiger partial charge in [-0.2, -0.15) is 0 Å². The molecule has 1 aromatic rings. The molecule has 3 atom stereocenters. The third-order valence-electron chi connectivity index (χ3n) is 5.99. The van der Waals surface area contributed by atoms with Crippen LogP contribution in [0.4, 0.5) is 0 Å². The second kappa shape index (κ2) is 5.52. The van der Waals surface area contributed by atoms with Gasteiger partial charge in [0.15, 0.2) is 0 Å². The molecule has 0 heterocycles. The molecule has 1 N–H and O–H groups in total. The van der Waals surface area contributed by atoms with E-state index in [0.717, 1.165) is 23.8 Å². The van der Waals surface area contributed by atoms with Crippen molar-refractivity contribution in [1.29, 1.82) is 0 Å². The van der Waals surface area contributed by atoms with Gasteiger partial charge in [-0.1, -0.05) is 49.9 Å². The third kappa shape index (κ3) is 2.41. The van der Waals surface area contributed by atoms with Crippen molar-refractivity contribution in [2.45, 2.75) is 63.3 Å². The summed E-state index contributed by atoms with van der Waals surface area (Å²) in [7, 11) is 0. The molecule has 3 aliphatic carbocycles. The molecule has 108 valence electrons. The number of aryl methyl sites for hydroxylation is 1. The number of benzene rings is 1. The lowest BCUT2D eigenvalue weighted by atomic mass is 9.92. The average molecular weight is 269 g/mol. The van der Waals surface area contributed by atoms with Crippen molar-refractivity contribution in [3.8, 4) is 0 Å². The molecule has 1 heteroatoms. The Morgan fingerprint density at radius 3 is 2.60 bits per heavy atom. The summed E-state index contributed by atoms with van der Waals surface area (Å²) in [6, 6.07) is 9.99. The Labute approximate surface area is 123 Å². The standard InChI is InChI=1S/C19H27N/c1-2-4-9-15(8-3-1)20-13-18-17-12-11-14-7-5-6-10-16(14)19(17)18/h5-7,10,15,17-20H,1-4,8-9,11-13H2. The van der Waals surface area contributed by atoms with Gasteiger partial charge in [-0.15, -0.1) is 0 Å². The highest BCUT2D eigenvalue weighted by atomic mass is 14.9. The fraction of sp³-hybridized carbons (Fsp3) is 0.684. The molecule has 2 fully saturated rings. The number of hydrogen-bond donors (Lipinski definition) is 1. The van der Waals surface area contributed by atoms with Crippen LogP contribution in [0, 0.1) is 11.8 Å². The molecule has 3 unspecified atom stereocenters. The highest BCUT2D eigenvalue weighted by molar-refractivity contribution is 5.39. The Balaban J connectivity index is 1.36. The van der Waals surface area contributed by atoms with Crippen LogP contribution in [-0.2, 0) is 6.42 Å². The molecule has 1 aromatic carbocycles. The fourth-order valence-corrected chi connectivity index (χ4v) is 4.77. The molecular weight excluding hydrogens is 242 g/mol. The molecule has 0 amide bonds. The zero-order valence-electron chi connectivity index (χ0n) is 12.5. The van der Waals surface area contributed by atoms with Crippen LogP contribution < -0.4 is 5.32 Å². The summed E-state index contributed by atoms with van der Waals surface area (Å²) < 4.78 is 0. The molecule has 0 bridgehead atoms. The van der Waals surface area contributed by atoms with E-state index in [1.54, 1.807) is 11.1 Å². The number of fused-ring (bicyclic) bond motifs is 3. The minimum Gasteiger partial charge on any atom is -0.314 e. The van der Waals surface area contributed by atoms with E-state index in [1.165, 1.54) is 57.9 Å². The maximum atomic E-state index is 3.91. The molecule has 20 heavy (non-hydrogen) atoms. The first-order valence-electron chi connectivity index (χ1n) is 8.74. The Kier molecular flexibility index (Phi) is 3.56. The Hall–Kier alpha value is -0.820. The van der Waals surface area contributed by atoms with Crippen molar-refractivity contribution in [3.63, 3.8) is 0 Å². The van der Waals surface area contributed by atoms with Gasteiger partial charge in [0.25, 0.3) is 0 Å². The third-order valence-corrected chi connectivity index (χ3v) is 5.99. The fourth-order valence-electron chi connectivity index (χ4n) is 4.77. The Morgan fingerprint density at radius 1 is 0.950 bits per heavy atom. The molecule has 3 aliphatic rings. The summed E-state index contributed by atoms with van der Waals surface area (Å²) in [5.74, 6) is 2.81. The Bertz CT molecular complexity index is 459. The summed E-state index contributed by atoms with van der Waals surface area (Å²) in [6.07, 6.45) is 11.4. The molecule has 0 radical (unpaired) electrons. The zero-order chi connectivity index (χ0) is 13.4. The van der Waals surface area contributed by atoms with Crippen molar-refractivity contribution < 1.29 is 0 Å². The van der Waals surface area contributed by atoms with Gasteiger partial charge in [0.2, 0.25) is 0 Å². The number of nitrogens with one attached hydrogen (secondary N) is 1. The maximum absolute atomic E-state index is 3.91. The predicted octanol–water partition coefficient (Wildman–Crippen LogP) is 4.27. The largest absolute Gasteiger partial charge is 0.314 e. The molecule has 4 rings (SSSR count). The van der Waals surface area contributed by atoms with E-state index in [1.807, 2.05) is 0 Å². The van der Waals surface area contributed by atoms with Gasteiger partial charge in [-0.05, 0) is 61.1 Å². The second-order valence-corrected chi connectivity index (χ2v) is 7.19. The second-order valence-electron chi connectivity index (χ2n) is 7.19. The quantitative estimate of drug-likeness (QED) is 0.808. The van der Waals surface area contributed by atoms with Crippen LogP contribution in [-0.4, -0.2) is 12.6 Å². The highest BCUT2D eigenvalue weighted by Gasteiger charge is 2.52. The van der Waals surface area contributed by atoms with Crippen LogP contribution >= 0.6 is 0 Å². The summed E-state index contributed by atoms with van der Waals surface area (Å²) in [5, 5.41) is 3.91. The summed E-state index contributed by atoms with van der Waals surface area (Å²) in [5.41, 5.74) is 3.31. The molecular formula is C19H27N. The first-order chi connectivity index (χ1) is 9.93. The zero-order valence-corrected chi connectivity index (χ0v) is 12.5. The predicted molar refractivity (Wildman–Crippen MR) is 84.0 cm³/mol. The number of rotatable bonds is 3. The summed E-state index contributed by atoms with van der Waals surface area (Å²) in [4.78, 5) is 0. The van der Waals surface area contributed by atoms with E-state index in [0.29, 0.717) is 0 Å². The smallest absolute Gasteiger partial charge is 0.00671 e. The average Bonchev–Trinajstić information content (AvgIpc) is 3.25. The van der Waals surface area contributed by atoms with E-state index < -0.39 is 0 Å². The van der Waals surface area contributed by atoms with Crippen molar-refractivity contribution >= 4 is 0 Å². The molecule has 0 saturated heterocycles. The van der Waals surface area contributed by atoms with Gasteiger partial charge in [-0.3, -0.25) is 0 Å². The van der Waals surface area contributed by atoms with Crippen LogP contribution in [0.1, 0.15) is 62.0 Å². The summed E-state index contributed by atoms with van der Waals surface area (Å²) >= 11 is 0. The van der Waals surface area contributed by atoms with E-state index >= 15 is 0 Å². The minimum atomic E-state index is 0.815. The van der Waals surface area contributed by atoms with Gasteiger partial charge in [0.1, 0.15) is 0 Å². The van der Waals surface area contributed by atoms with E-state index in [2.05, 4.69) is 29.6 Å². The van der Waals surface area contributed by atoms with Crippen LogP contribution in [0.2, 0.25) is 0 Å². The van der Waals surface area contributed by atoms with Crippen molar-refractivity contribution in [1.82, 2.24) is 5.32 Å². The van der Waals surface area contributed by atoms with Gasteiger partial charge in [0, 0.05) is 6.04 Å². The first kappa shape index (κ1) is 12.9. The number of hydrogen-bond acceptors (Lipinski definition) is 1. The first-order valence-corrected chi connectivity index (χ1v) is 8.74. The van der Waals surface area contributed by atoms with Gasteiger partial charge < -0.3 is 5.32 Å². The lowest BCUT2D eigenvalue weighted by molar-refractivity contribution is 0.440. The lowest BCUT2D eigenvalue weighted by Crippen LogP contribution is -2.30. The maximum Gasteiger partial charge on any atom is 0.00671 e. The van der Waals surface area contributed by atoms with E-state index in [4.69, 9.17) is 0 Å². The molecule has 0 spiro atoms. The molecule has 0 aliphatic heterocycles.